The molecule has 1 amide bonds. The van der Waals surface area contributed by atoms with Gasteiger partial charge in [0, 0.05) is 5.56 Å². The molecule has 29 heavy (non-hydrogen) atoms. The molecule has 0 fully saturated rings. The molecular formula is C22H20ClN3O3. The van der Waals surface area contributed by atoms with Gasteiger partial charge in [0.05, 0.1) is 47.7 Å². The van der Waals surface area contributed by atoms with Crippen LogP contribution in [0, 0.1) is 13.8 Å². The lowest BCUT2D eigenvalue weighted by Crippen LogP contribution is -2.29. The number of aromatic nitrogens is 2. The number of carbonyl (C=O) groups is 1. The Kier molecular flexibility index (Phi) is 5.27. The van der Waals surface area contributed by atoms with E-state index in [4.69, 9.17) is 20.4 Å². The van der Waals surface area contributed by atoms with Gasteiger partial charge in [0.25, 0.3) is 5.91 Å². The topological polar surface area (TPSA) is 64.4 Å². The highest BCUT2D eigenvalue weighted by molar-refractivity contribution is 6.31. The molecule has 0 unspecified atom stereocenters. The lowest BCUT2D eigenvalue weighted by molar-refractivity contribution is 0.0705. The Morgan fingerprint density at radius 3 is 2.03 bits per heavy atom. The zero-order chi connectivity index (χ0) is 20.4. The van der Waals surface area contributed by atoms with Gasteiger partial charge in [-0.3, -0.25) is 4.79 Å². The number of nitrogens with zero attached hydrogens (tertiary/aromatic N) is 3. The highest BCUT2D eigenvalue weighted by Gasteiger charge is 2.19. The van der Waals surface area contributed by atoms with Crippen molar-refractivity contribution >= 4 is 17.5 Å². The minimum Gasteiger partial charge on any atom is -0.467 e. The first kappa shape index (κ1) is 19.1. The van der Waals surface area contributed by atoms with Gasteiger partial charge in [-0.1, -0.05) is 11.6 Å². The Balaban J connectivity index is 1.58. The van der Waals surface area contributed by atoms with E-state index in [1.165, 1.54) is 0 Å². The number of furan rings is 2. The molecule has 0 spiro atoms. The second kappa shape index (κ2) is 8.01. The van der Waals surface area contributed by atoms with Crippen molar-refractivity contribution in [1.82, 2.24) is 14.7 Å². The van der Waals surface area contributed by atoms with Crippen LogP contribution in [0.4, 0.5) is 0 Å². The fourth-order valence-corrected chi connectivity index (χ4v) is 3.30. The molecule has 0 saturated heterocycles. The molecular weight excluding hydrogens is 390 g/mol. The molecule has 3 heterocycles. The maximum Gasteiger partial charge on any atom is 0.254 e. The first-order valence-electron chi connectivity index (χ1n) is 9.19. The molecule has 0 saturated carbocycles. The van der Waals surface area contributed by atoms with Gasteiger partial charge in [-0.25, -0.2) is 4.68 Å². The van der Waals surface area contributed by atoms with E-state index in [1.807, 2.05) is 38.1 Å². The summed E-state index contributed by atoms with van der Waals surface area (Å²) in [5, 5.41) is 5.10. The van der Waals surface area contributed by atoms with Crippen LogP contribution in [0.25, 0.3) is 5.69 Å². The summed E-state index contributed by atoms with van der Waals surface area (Å²) >= 11 is 6.24. The predicted octanol–water partition coefficient (Wildman–Crippen LogP) is 5.17. The average molecular weight is 410 g/mol. The van der Waals surface area contributed by atoms with Crippen LogP contribution >= 0.6 is 11.6 Å². The number of carbonyl (C=O) groups excluding carboxylic acids is 1. The zero-order valence-electron chi connectivity index (χ0n) is 16.1. The first-order valence-corrected chi connectivity index (χ1v) is 9.57. The summed E-state index contributed by atoms with van der Waals surface area (Å²) in [6, 6.07) is 14.6. The maximum absolute atomic E-state index is 13.2. The minimum atomic E-state index is -0.115. The van der Waals surface area contributed by atoms with E-state index in [9.17, 15) is 4.79 Å². The molecule has 4 rings (SSSR count). The Bertz CT molecular complexity index is 1060. The summed E-state index contributed by atoms with van der Waals surface area (Å²) in [4.78, 5) is 14.9. The van der Waals surface area contributed by atoms with Gasteiger partial charge in [0.2, 0.25) is 0 Å². The number of halogens is 1. The quantitative estimate of drug-likeness (QED) is 0.440. The third-order valence-electron chi connectivity index (χ3n) is 4.70. The van der Waals surface area contributed by atoms with Crippen molar-refractivity contribution in [3.05, 3.63) is 94.6 Å². The molecule has 0 aliphatic rings. The van der Waals surface area contributed by atoms with Crippen molar-refractivity contribution < 1.29 is 13.6 Å². The largest absolute Gasteiger partial charge is 0.467 e. The molecule has 0 radical (unpaired) electrons. The van der Waals surface area contributed by atoms with Crippen molar-refractivity contribution in [3.8, 4) is 5.69 Å². The number of amides is 1. The smallest absolute Gasteiger partial charge is 0.254 e. The van der Waals surface area contributed by atoms with Crippen molar-refractivity contribution in [1.29, 1.82) is 0 Å². The number of hydrogen-bond donors (Lipinski definition) is 0. The van der Waals surface area contributed by atoms with Crippen molar-refractivity contribution in [2.45, 2.75) is 26.9 Å². The van der Waals surface area contributed by atoms with Crippen molar-refractivity contribution in [2.24, 2.45) is 0 Å². The number of aryl methyl sites for hydroxylation is 1. The van der Waals surface area contributed by atoms with E-state index in [1.54, 1.807) is 46.4 Å². The Labute approximate surface area is 173 Å². The van der Waals surface area contributed by atoms with Gasteiger partial charge in [-0.15, -0.1) is 0 Å². The first-order chi connectivity index (χ1) is 14.0. The second-order valence-corrected chi connectivity index (χ2v) is 7.14. The van der Waals surface area contributed by atoms with E-state index in [0.29, 0.717) is 35.2 Å². The highest BCUT2D eigenvalue weighted by Crippen LogP contribution is 2.23. The Morgan fingerprint density at radius 1 is 1.00 bits per heavy atom. The molecule has 0 aliphatic carbocycles. The van der Waals surface area contributed by atoms with Crippen LogP contribution in [-0.2, 0) is 13.1 Å². The fourth-order valence-electron chi connectivity index (χ4n) is 3.18. The van der Waals surface area contributed by atoms with Gasteiger partial charge in [0.15, 0.2) is 0 Å². The van der Waals surface area contributed by atoms with Crippen LogP contribution in [0.1, 0.15) is 33.3 Å². The van der Waals surface area contributed by atoms with Gasteiger partial charge < -0.3 is 13.7 Å². The standard InChI is InChI=1S/C22H20ClN3O3/c1-15-21(23)16(2)26(24-15)18-9-7-17(8-10-18)22(27)25(13-19-5-3-11-28-19)14-20-6-4-12-29-20/h3-12H,13-14H2,1-2H3. The van der Waals surface area contributed by atoms with E-state index in [2.05, 4.69) is 5.10 Å². The van der Waals surface area contributed by atoms with Crippen LogP contribution in [0.2, 0.25) is 5.02 Å². The Morgan fingerprint density at radius 2 is 1.59 bits per heavy atom. The lowest BCUT2D eigenvalue weighted by Gasteiger charge is -2.21. The maximum atomic E-state index is 13.2. The average Bonchev–Trinajstić information content (AvgIpc) is 3.48. The zero-order valence-corrected chi connectivity index (χ0v) is 16.9. The van der Waals surface area contributed by atoms with Crippen LogP contribution in [0.3, 0.4) is 0 Å². The number of hydrogen-bond acceptors (Lipinski definition) is 4. The summed E-state index contributed by atoms with van der Waals surface area (Å²) in [5.41, 5.74) is 3.05. The molecule has 6 nitrogen and oxygen atoms in total. The van der Waals surface area contributed by atoms with Gasteiger partial charge >= 0.3 is 0 Å². The fraction of sp³-hybridized carbons (Fsp3) is 0.182. The van der Waals surface area contributed by atoms with Gasteiger partial charge in [-0.2, -0.15) is 5.10 Å². The second-order valence-electron chi connectivity index (χ2n) is 6.76. The van der Waals surface area contributed by atoms with Gasteiger partial charge in [0.1, 0.15) is 11.5 Å². The molecule has 0 atom stereocenters. The van der Waals surface area contributed by atoms with E-state index < -0.39 is 0 Å². The minimum absolute atomic E-state index is 0.115. The van der Waals surface area contributed by atoms with Crippen LogP contribution < -0.4 is 0 Å². The molecule has 0 N–H and O–H groups in total. The van der Waals surface area contributed by atoms with Crippen LogP contribution in [0.5, 0.6) is 0 Å². The van der Waals surface area contributed by atoms with Crippen LogP contribution in [0.15, 0.2) is 69.9 Å². The summed E-state index contributed by atoms with van der Waals surface area (Å²) in [6.07, 6.45) is 3.19. The molecule has 148 valence electrons. The monoisotopic (exact) mass is 409 g/mol. The lowest BCUT2D eigenvalue weighted by atomic mass is 10.1. The third kappa shape index (κ3) is 3.98. The van der Waals surface area contributed by atoms with E-state index >= 15 is 0 Å². The van der Waals surface area contributed by atoms with Crippen molar-refractivity contribution in [3.63, 3.8) is 0 Å². The van der Waals surface area contributed by atoms with Crippen LogP contribution in [-0.4, -0.2) is 20.6 Å². The van der Waals surface area contributed by atoms with E-state index in [-0.39, 0.29) is 5.91 Å². The number of benzene rings is 1. The summed E-state index contributed by atoms with van der Waals surface area (Å²) in [6.45, 7) is 4.48. The molecule has 1 aromatic carbocycles. The number of rotatable bonds is 6. The molecule has 3 aromatic heterocycles. The summed E-state index contributed by atoms with van der Waals surface area (Å²) in [5.74, 6) is 1.30. The van der Waals surface area contributed by atoms with E-state index in [0.717, 1.165) is 17.1 Å². The molecule has 7 heteroatoms. The molecule has 4 aromatic rings. The highest BCUT2D eigenvalue weighted by atomic mass is 35.5. The van der Waals surface area contributed by atoms with Gasteiger partial charge in [-0.05, 0) is 62.4 Å². The Hall–Kier alpha value is -3.25. The summed E-state index contributed by atoms with van der Waals surface area (Å²) in [7, 11) is 0. The SMILES string of the molecule is Cc1nn(-c2ccc(C(=O)N(Cc3ccco3)Cc3ccco3)cc2)c(C)c1Cl. The summed E-state index contributed by atoms with van der Waals surface area (Å²) < 4.78 is 12.6. The third-order valence-corrected chi connectivity index (χ3v) is 5.25. The molecule has 0 aliphatic heterocycles. The molecule has 0 bridgehead atoms. The van der Waals surface area contributed by atoms with Crippen molar-refractivity contribution in [2.75, 3.05) is 0 Å². The normalized spacial score (nSPS) is 11.0. The predicted molar refractivity (Wildman–Crippen MR) is 109 cm³/mol.